The van der Waals surface area contributed by atoms with Crippen LogP contribution in [0.1, 0.15) is 27.8 Å². The maximum Gasteiger partial charge on any atom is 0.226 e. The lowest BCUT2D eigenvalue weighted by Gasteiger charge is -2.16. The van der Waals surface area contributed by atoms with Crippen molar-refractivity contribution >= 4 is 11.4 Å². The van der Waals surface area contributed by atoms with Gasteiger partial charge in [0.15, 0.2) is 0 Å². The number of aromatic nitrogens is 1. The number of rotatable bonds is 10. The third kappa shape index (κ3) is 5.60. The van der Waals surface area contributed by atoms with E-state index in [0.717, 1.165) is 27.9 Å². The van der Waals surface area contributed by atoms with Gasteiger partial charge in [-0.25, -0.2) is 0 Å². The highest BCUT2D eigenvalue weighted by atomic mass is 16.5. The van der Waals surface area contributed by atoms with Crippen molar-refractivity contribution in [1.29, 1.82) is 5.41 Å². The average Bonchev–Trinajstić information content (AvgIpc) is 2.91. The predicted molar refractivity (Wildman–Crippen MR) is 136 cm³/mol. The zero-order chi connectivity index (χ0) is 23.8. The quantitative estimate of drug-likeness (QED) is 0.289. The number of ether oxygens (including phenoxy) is 2. The Kier molecular flexibility index (Phi) is 7.53. The van der Waals surface area contributed by atoms with Crippen LogP contribution in [0.5, 0.6) is 11.8 Å². The monoisotopic (exact) mass is 452 g/mol. The summed E-state index contributed by atoms with van der Waals surface area (Å²) < 4.78 is 12.0. The van der Waals surface area contributed by atoms with Crippen molar-refractivity contribution in [1.82, 2.24) is 4.98 Å². The summed E-state index contributed by atoms with van der Waals surface area (Å²) in [5.74, 6) is 0.792. The largest absolute Gasteiger partial charge is 0.473 e. The zero-order valence-corrected chi connectivity index (χ0v) is 19.1. The summed E-state index contributed by atoms with van der Waals surface area (Å²) in [6.07, 6.45) is 0. The lowest BCUT2D eigenvalue weighted by molar-refractivity contribution is 0.267. The molecule has 34 heavy (non-hydrogen) atoms. The number of hydrogen-bond acceptors (Lipinski definition) is 6. The molecule has 0 radical (unpaired) electrons. The molecular weight excluding hydrogens is 424 g/mol. The molecule has 0 bridgehead atoms. The topological polar surface area (TPSA) is 93.2 Å². The van der Waals surface area contributed by atoms with E-state index in [0.29, 0.717) is 42.8 Å². The second-order valence-electron chi connectivity index (χ2n) is 7.76. The Balaban J connectivity index is 1.63. The molecule has 1 aromatic heterocycles. The van der Waals surface area contributed by atoms with E-state index in [1.54, 1.807) is 6.07 Å². The molecule has 6 heteroatoms. The first-order valence-corrected chi connectivity index (χ1v) is 11.1. The van der Waals surface area contributed by atoms with Crippen LogP contribution in [-0.2, 0) is 19.8 Å². The van der Waals surface area contributed by atoms with Crippen molar-refractivity contribution < 1.29 is 9.47 Å². The van der Waals surface area contributed by atoms with Crippen LogP contribution < -0.4 is 20.5 Å². The Hall–Kier alpha value is -4.16. The fraction of sp³-hybridized carbons (Fsp3) is 0.143. The first-order chi connectivity index (χ1) is 16.7. The number of hydrogen-bond donors (Lipinski definition) is 3. The minimum Gasteiger partial charge on any atom is -0.473 e. The Morgan fingerprint density at radius 1 is 0.794 bits per heavy atom. The molecule has 4 N–H and O–H groups in total. The highest BCUT2D eigenvalue weighted by molar-refractivity contribution is 6.15. The smallest absolute Gasteiger partial charge is 0.226 e. The molecule has 0 saturated heterocycles. The van der Waals surface area contributed by atoms with E-state index in [4.69, 9.17) is 20.6 Å². The van der Waals surface area contributed by atoms with Gasteiger partial charge in [-0.1, -0.05) is 72.8 Å². The molecule has 6 nitrogen and oxygen atoms in total. The van der Waals surface area contributed by atoms with Crippen LogP contribution in [-0.4, -0.2) is 17.7 Å². The fourth-order valence-electron chi connectivity index (χ4n) is 3.55. The van der Waals surface area contributed by atoms with E-state index < -0.39 is 0 Å². The first-order valence-electron chi connectivity index (χ1n) is 11.1. The van der Waals surface area contributed by atoms with Crippen molar-refractivity contribution in [2.75, 3.05) is 12.4 Å². The van der Waals surface area contributed by atoms with Gasteiger partial charge in [0.1, 0.15) is 13.2 Å². The third-order valence-corrected chi connectivity index (χ3v) is 5.41. The maximum atomic E-state index is 8.94. The molecule has 0 fully saturated rings. The first kappa shape index (κ1) is 23.0. The second kappa shape index (κ2) is 11.1. The van der Waals surface area contributed by atoms with Gasteiger partial charge in [0.2, 0.25) is 11.8 Å². The number of nitrogens with one attached hydrogen (secondary N) is 2. The normalized spacial score (nSPS) is 10.5. The lowest BCUT2D eigenvalue weighted by Crippen LogP contribution is -2.11. The Morgan fingerprint density at radius 2 is 1.41 bits per heavy atom. The number of nitrogens with two attached hydrogens (primary N) is 1. The second-order valence-corrected chi connectivity index (χ2v) is 7.76. The molecule has 0 atom stereocenters. The molecule has 0 spiro atoms. The van der Waals surface area contributed by atoms with Crippen LogP contribution in [0.4, 0.5) is 5.69 Å². The molecule has 0 unspecified atom stereocenters. The van der Waals surface area contributed by atoms with Gasteiger partial charge in [0, 0.05) is 30.9 Å². The lowest BCUT2D eigenvalue weighted by atomic mass is 9.99. The highest BCUT2D eigenvalue weighted by Crippen LogP contribution is 2.28. The SMILES string of the molecule is CNc1cc(CN)ccc1C(=N)c1ccc(OCc2ccccc2)nc1OCc1ccccc1. The summed E-state index contributed by atoms with van der Waals surface area (Å²) in [6.45, 7) is 1.16. The molecule has 3 aromatic carbocycles. The molecule has 0 aliphatic carbocycles. The molecule has 0 aliphatic rings. The van der Waals surface area contributed by atoms with Gasteiger partial charge in [-0.15, -0.1) is 0 Å². The van der Waals surface area contributed by atoms with Crippen molar-refractivity contribution in [2.45, 2.75) is 19.8 Å². The van der Waals surface area contributed by atoms with E-state index >= 15 is 0 Å². The Morgan fingerprint density at radius 3 is 2.03 bits per heavy atom. The van der Waals surface area contributed by atoms with Gasteiger partial charge in [0.05, 0.1) is 11.3 Å². The molecule has 4 rings (SSSR count). The van der Waals surface area contributed by atoms with Crippen LogP contribution in [0.3, 0.4) is 0 Å². The standard InChI is InChI=1S/C28H28N4O2/c1-31-25-16-22(17-29)12-13-23(25)27(30)24-14-15-26(33-18-20-8-4-2-5-9-20)32-28(24)34-19-21-10-6-3-7-11-21/h2-16,30-31H,17-19,29H2,1H3. The average molecular weight is 453 g/mol. The predicted octanol–water partition coefficient (Wildman–Crippen LogP) is 5.16. The minimum absolute atomic E-state index is 0.304. The summed E-state index contributed by atoms with van der Waals surface area (Å²) >= 11 is 0. The number of anilines is 1. The van der Waals surface area contributed by atoms with Gasteiger partial charge in [0.25, 0.3) is 0 Å². The molecular formula is C28H28N4O2. The van der Waals surface area contributed by atoms with Crippen LogP contribution in [0.2, 0.25) is 0 Å². The van der Waals surface area contributed by atoms with Crippen molar-refractivity contribution in [3.05, 3.63) is 119 Å². The molecule has 0 amide bonds. The Bertz CT molecular complexity index is 1240. The Labute approximate surface area is 199 Å². The number of nitrogens with zero attached hydrogens (tertiary/aromatic N) is 1. The van der Waals surface area contributed by atoms with Gasteiger partial charge >= 0.3 is 0 Å². The molecule has 0 aliphatic heterocycles. The summed E-state index contributed by atoms with van der Waals surface area (Å²) in [5.41, 5.74) is 11.3. The van der Waals surface area contributed by atoms with Crippen molar-refractivity contribution in [2.24, 2.45) is 5.73 Å². The van der Waals surface area contributed by atoms with Gasteiger partial charge in [-0.05, 0) is 28.8 Å². The molecule has 0 saturated carbocycles. The van der Waals surface area contributed by atoms with Crippen LogP contribution in [0.25, 0.3) is 0 Å². The third-order valence-electron chi connectivity index (χ3n) is 5.41. The number of benzene rings is 3. The van der Waals surface area contributed by atoms with Gasteiger partial charge < -0.3 is 20.5 Å². The molecule has 4 aromatic rings. The number of pyridine rings is 1. The maximum absolute atomic E-state index is 8.94. The molecule has 1 heterocycles. The van der Waals surface area contributed by atoms with Crippen LogP contribution in [0.15, 0.2) is 91.0 Å². The van der Waals surface area contributed by atoms with Crippen molar-refractivity contribution in [3.8, 4) is 11.8 Å². The van der Waals surface area contributed by atoms with E-state index in [1.165, 1.54) is 0 Å². The van der Waals surface area contributed by atoms with Gasteiger partial charge in [-0.2, -0.15) is 4.98 Å². The van der Waals surface area contributed by atoms with E-state index in [2.05, 4.69) is 10.3 Å². The summed E-state index contributed by atoms with van der Waals surface area (Å²) in [4.78, 5) is 4.61. The zero-order valence-electron chi connectivity index (χ0n) is 19.1. The summed E-state index contributed by atoms with van der Waals surface area (Å²) in [5, 5.41) is 12.1. The van der Waals surface area contributed by atoms with Crippen LogP contribution >= 0.6 is 0 Å². The molecule has 172 valence electrons. The summed E-state index contributed by atoms with van der Waals surface area (Å²) in [7, 11) is 1.83. The van der Waals surface area contributed by atoms with E-state index in [-0.39, 0.29) is 0 Å². The van der Waals surface area contributed by atoms with E-state index in [1.807, 2.05) is 92.0 Å². The summed E-state index contributed by atoms with van der Waals surface area (Å²) in [6, 6.07) is 29.2. The van der Waals surface area contributed by atoms with E-state index in [9.17, 15) is 0 Å². The fourth-order valence-corrected chi connectivity index (χ4v) is 3.55. The van der Waals surface area contributed by atoms with Crippen molar-refractivity contribution in [3.63, 3.8) is 0 Å². The highest BCUT2D eigenvalue weighted by Gasteiger charge is 2.17. The van der Waals surface area contributed by atoms with Gasteiger partial charge in [-0.3, -0.25) is 5.41 Å². The van der Waals surface area contributed by atoms with Crippen LogP contribution in [0, 0.1) is 5.41 Å². The minimum atomic E-state index is 0.304.